The molecule has 2 aromatic rings. The predicted molar refractivity (Wildman–Crippen MR) is 87.1 cm³/mol. The third-order valence-electron chi connectivity index (χ3n) is 3.81. The molecule has 0 aliphatic carbocycles. The number of aromatic nitrogens is 1. The number of carbonyl (C=O) groups excluding carboxylic acids is 2. The first-order valence-electron chi connectivity index (χ1n) is 7.18. The van der Waals surface area contributed by atoms with Crippen molar-refractivity contribution in [3.8, 4) is 0 Å². The number of aryl methyl sites for hydroxylation is 1. The maximum absolute atomic E-state index is 12.6. The van der Waals surface area contributed by atoms with Crippen LogP contribution in [0.5, 0.6) is 0 Å². The third-order valence-corrected chi connectivity index (χ3v) is 5.69. The summed E-state index contributed by atoms with van der Waals surface area (Å²) in [6, 6.07) is 9.43. The Hall–Kier alpha value is -2.58. The van der Waals surface area contributed by atoms with Gasteiger partial charge >= 0.3 is 0 Å². The summed E-state index contributed by atoms with van der Waals surface area (Å²) in [6.45, 7) is 1.76. The summed E-state index contributed by atoms with van der Waals surface area (Å²) >= 11 is 0. The van der Waals surface area contributed by atoms with E-state index in [1.807, 2.05) is 0 Å². The van der Waals surface area contributed by atoms with Gasteiger partial charge in [0.1, 0.15) is 5.82 Å². The average Bonchev–Trinajstić information content (AvgIpc) is 2.53. The minimum atomic E-state index is -3.92. The molecule has 0 spiro atoms. The van der Waals surface area contributed by atoms with Crippen LogP contribution in [-0.2, 0) is 14.8 Å². The van der Waals surface area contributed by atoms with Gasteiger partial charge in [-0.25, -0.2) is 13.4 Å². The number of nitrogens with zero attached hydrogens (tertiary/aromatic N) is 2. The van der Waals surface area contributed by atoms with Crippen molar-refractivity contribution in [2.24, 2.45) is 0 Å². The molecule has 3 rings (SSSR count). The lowest BCUT2D eigenvalue weighted by atomic mass is 10.0. The molecule has 1 unspecified atom stereocenters. The Bertz CT molecular complexity index is 940. The van der Waals surface area contributed by atoms with Gasteiger partial charge in [0.2, 0.25) is 10.0 Å². The maximum atomic E-state index is 12.6. The van der Waals surface area contributed by atoms with Crippen molar-refractivity contribution in [3.63, 3.8) is 0 Å². The van der Waals surface area contributed by atoms with Crippen LogP contribution in [0.4, 0.5) is 5.82 Å². The van der Waals surface area contributed by atoms with Crippen molar-refractivity contribution in [1.29, 1.82) is 0 Å². The molecule has 1 amide bonds. The van der Waals surface area contributed by atoms with E-state index < -0.39 is 27.8 Å². The summed E-state index contributed by atoms with van der Waals surface area (Å²) in [5.74, 6) is -1.04. The number of anilines is 1. The summed E-state index contributed by atoms with van der Waals surface area (Å²) in [5.41, 5.74) is 0.710. The number of fused-ring (bicyclic) bond motifs is 1. The highest BCUT2D eigenvalue weighted by atomic mass is 32.2. The number of pyridine rings is 1. The molecule has 8 heteroatoms. The number of carbonyl (C=O) groups is 2. The van der Waals surface area contributed by atoms with Crippen LogP contribution in [-0.4, -0.2) is 42.5 Å². The topological polar surface area (TPSA) is 96.4 Å². The Labute approximate surface area is 139 Å². The van der Waals surface area contributed by atoms with Crippen LogP contribution >= 0.6 is 0 Å². The van der Waals surface area contributed by atoms with Crippen LogP contribution in [0.3, 0.4) is 0 Å². The fourth-order valence-electron chi connectivity index (χ4n) is 2.59. The Morgan fingerprint density at radius 1 is 1.17 bits per heavy atom. The number of nitrogens with one attached hydrogen (secondary N) is 1. The van der Waals surface area contributed by atoms with Crippen molar-refractivity contribution in [2.45, 2.75) is 17.9 Å². The number of sulfonamides is 1. The van der Waals surface area contributed by atoms with Crippen molar-refractivity contribution >= 4 is 27.5 Å². The monoisotopic (exact) mass is 345 g/mol. The number of hydrogen-bond acceptors (Lipinski definition) is 5. The second kappa shape index (κ2) is 5.81. The molecule has 7 nitrogen and oxygen atoms in total. The van der Waals surface area contributed by atoms with Gasteiger partial charge in [-0.1, -0.05) is 18.2 Å². The lowest BCUT2D eigenvalue weighted by molar-refractivity contribution is -0.118. The summed E-state index contributed by atoms with van der Waals surface area (Å²) < 4.78 is 25.9. The van der Waals surface area contributed by atoms with Crippen molar-refractivity contribution in [1.82, 2.24) is 9.29 Å². The van der Waals surface area contributed by atoms with Crippen molar-refractivity contribution in [2.75, 3.05) is 12.4 Å². The average molecular weight is 345 g/mol. The number of likely N-dealkylation sites (N-methyl/N-ethyl adjacent to an activating group) is 1. The molecule has 1 N–H and O–H groups in total. The second-order valence-electron chi connectivity index (χ2n) is 5.44. The van der Waals surface area contributed by atoms with Gasteiger partial charge in [0.25, 0.3) is 5.91 Å². The van der Waals surface area contributed by atoms with Gasteiger partial charge in [0.15, 0.2) is 11.8 Å². The van der Waals surface area contributed by atoms with Gasteiger partial charge < -0.3 is 5.32 Å². The number of benzene rings is 1. The largest absolute Gasteiger partial charge is 0.309 e. The van der Waals surface area contributed by atoms with Crippen LogP contribution in [0.2, 0.25) is 0 Å². The molecule has 0 radical (unpaired) electrons. The van der Waals surface area contributed by atoms with Gasteiger partial charge in [0.05, 0.1) is 4.90 Å². The van der Waals surface area contributed by atoms with E-state index in [1.165, 1.54) is 25.2 Å². The molecular formula is C16H15N3O4S. The highest BCUT2D eigenvalue weighted by Crippen LogP contribution is 2.29. The van der Waals surface area contributed by atoms with E-state index in [1.54, 1.807) is 31.2 Å². The van der Waals surface area contributed by atoms with Crippen LogP contribution in [0, 0.1) is 6.92 Å². The number of rotatable bonds is 2. The fourth-order valence-corrected chi connectivity index (χ4v) is 4.07. The summed E-state index contributed by atoms with van der Waals surface area (Å²) in [6.07, 6.45) is 0. The van der Waals surface area contributed by atoms with Crippen LogP contribution in [0.25, 0.3) is 0 Å². The summed E-state index contributed by atoms with van der Waals surface area (Å²) in [5, 5.41) is 2.50. The predicted octanol–water partition coefficient (Wildman–Crippen LogP) is 1.21. The number of ketones is 1. The summed E-state index contributed by atoms with van der Waals surface area (Å²) in [4.78, 5) is 29.2. The van der Waals surface area contributed by atoms with Gasteiger partial charge in [0, 0.05) is 18.3 Å². The summed E-state index contributed by atoms with van der Waals surface area (Å²) in [7, 11) is -2.70. The molecule has 1 aromatic carbocycles. The lowest BCUT2D eigenvalue weighted by Crippen LogP contribution is -2.53. The van der Waals surface area contributed by atoms with E-state index in [4.69, 9.17) is 0 Å². The van der Waals surface area contributed by atoms with E-state index in [0.717, 1.165) is 4.31 Å². The molecule has 0 saturated heterocycles. The van der Waals surface area contributed by atoms with E-state index >= 15 is 0 Å². The molecule has 1 aromatic heterocycles. The minimum absolute atomic E-state index is 0.0213. The van der Waals surface area contributed by atoms with Gasteiger partial charge in [-0.15, -0.1) is 0 Å². The Kier molecular flexibility index (Phi) is 3.94. The van der Waals surface area contributed by atoms with Crippen molar-refractivity contribution < 1.29 is 18.0 Å². The van der Waals surface area contributed by atoms with E-state index in [2.05, 4.69) is 10.3 Å². The molecule has 0 bridgehead atoms. The lowest BCUT2D eigenvalue weighted by Gasteiger charge is -2.30. The Morgan fingerprint density at radius 3 is 2.58 bits per heavy atom. The number of amides is 1. The fraction of sp³-hybridized carbons (Fsp3) is 0.188. The van der Waals surface area contributed by atoms with Crippen LogP contribution in [0.1, 0.15) is 16.1 Å². The molecule has 1 aliphatic heterocycles. The Balaban J connectivity index is 1.99. The van der Waals surface area contributed by atoms with E-state index in [-0.39, 0.29) is 16.3 Å². The van der Waals surface area contributed by atoms with Crippen molar-refractivity contribution in [3.05, 3.63) is 53.7 Å². The smallest absolute Gasteiger partial charge is 0.251 e. The van der Waals surface area contributed by atoms with Crippen LogP contribution < -0.4 is 5.32 Å². The number of Topliss-reactive ketones (excluding diaryl/α,β-unsaturated/α-hetero) is 1. The second-order valence-corrected chi connectivity index (χ2v) is 7.40. The highest BCUT2D eigenvalue weighted by Gasteiger charge is 2.45. The molecule has 24 heavy (non-hydrogen) atoms. The molecular weight excluding hydrogens is 330 g/mol. The van der Waals surface area contributed by atoms with Gasteiger partial charge in [-0.2, -0.15) is 4.31 Å². The molecule has 1 aliphatic rings. The minimum Gasteiger partial charge on any atom is -0.309 e. The molecule has 2 heterocycles. The molecule has 124 valence electrons. The molecule has 0 fully saturated rings. The van der Waals surface area contributed by atoms with Gasteiger partial charge in [-0.3, -0.25) is 9.59 Å². The SMILES string of the molecule is Cc1cccc(NC(=O)C2C(=O)c3ccccc3S(=O)(=O)N2C)n1. The zero-order chi connectivity index (χ0) is 17.5. The molecule has 0 saturated carbocycles. The quantitative estimate of drug-likeness (QED) is 0.826. The number of hydrogen-bond donors (Lipinski definition) is 1. The standard InChI is InChI=1S/C16H15N3O4S/c1-10-6-5-9-13(17-10)18-16(21)14-15(20)11-7-3-4-8-12(11)24(22,23)19(14)2/h3-9,14H,1-2H3,(H,17,18,21). The van der Waals surface area contributed by atoms with Gasteiger partial charge in [-0.05, 0) is 31.2 Å². The van der Waals surface area contributed by atoms with Crippen LogP contribution in [0.15, 0.2) is 47.4 Å². The Morgan fingerprint density at radius 2 is 1.88 bits per heavy atom. The first-order chi connectivity index (χ1) is 11.3. The van der Waals surface area contributed by atoms with E-state index in [9.17, 15) is 18.0 Å². The zero-order valence-corrected chi connectivity index (χ0v) is 13.9. The first kappa shape index (κ1) is 16.3. The zero-order valence-electron chi connectivity index (χ0n) is 13.1. The maximum Gasteiger partial charge on any atom is 0.251 e. The third kappa shape index (κ3) is 2.59. The normalized spacial score (nSPS) is 19.6. The first-order valence-corrected chi connectivity index (χ1v) is 8.62. The highest BCUT2D eigenvalue weighted by molar-refractivity contribution is 7.89. The van der Waals surface area contributed by atoms with E-state index in [0.29, 0.717) is 5.69 Å². The molecule has 1 atom stereocenters.